The van der Waals surface area contributed by atoms with E-state index in [0.29, 0.717) is 30.0 Å². The Kier molecular flexibility index (Phi) is 6.18. The van der Waals surface area contributed by atoms with Crippen LogP contribution in [0.4, 0.5) is 5.69 Å². The van der Waals surface area contributed by atoms with E-state index in [1.54, 1.807) is 23.4 Å². The van der Waals surface area contributed by atoms with E-state index >= 15 is 0 Å². The summed E-state index contributed by atoms with van der Waals surface area (Å²) < 4.78 is 3.40. The first kappa shape index (κ1) is 21.7. The first-order valence-corrected chi connectivity index (χ1v) is 12.5. The van der Waals surface area contributed by atoms with Crippen LogP contribution in [-0.4, -0.2) is 33.3 Å². The minimum atomic E-state index is -0.158. The molecule has 1 aromatic heterocycles. The highest BCUT2D eigenvalue weighted by Gasteiger charge is 2.31. The number of thiocarbonyl (C=S) groups is 1. The maximum absolute atomic E-state index is 13.0. The maximum Gasteiger partial charge on any atom is 0.269 e. The normalized spacial score (nSPS) is 20.1. The lowest BCUT2D eigenvalue weighted by Crippen LogP contribution is -2.32. The monoisotopic (exact) mass is 495 g/mol. The lowest BCUT2D eigenvalue weighted by Gasteiger charge is -2.17. The predicted molar refractivity (Wildman–Crippen MR) is 133 cm³/mol. The van der Waals surface area contributed by atoms with E-state index in [0.717, 1.165) is 22.2 Å². The summed E-state index contributed by atoms with van der Waals surface area (Å²) in [7, 11) is 1.66. The fourth-order valence-corrected chi connectivity index (χ4v) is 6.95. The van der Waals surface area contributed by atoms with Gasteiger partial charge >= 0.3 is 0 Å². The number of amides is 1. The maximum atomic E-state index is 13.0. The number of rotatable bonds is 3. The number of aromatic nitrogens is 1. The third-order valence-corrected chi connectivity index (χ3v) is 8.95. The Balaban J connectivity index is 1.81. The molecule has 2 aromatic rings. The average molecular weight is 496 g/mol. The van der Waals surface area contributed by atoms with Gasteiger partial charge in [0, 0.05) is 30.1 Å². The van der Waals surface area contributed by atoms with Crippen LogP contribution in [-0.2, 0) is 11.3 Å². The number of allylic oxidation sites excluding steroid dienone is 1. The van der Waals surface area contributed by atoms with Gasteiger partial charge in [0.25, 0.3) is 11.5 Å². The quantitative estimate of drug-likeness (QED) is 0.608. The van der Waals surface area contributed by atoms with Crippen molar-refractivity contribution in [3.63, 3.8) is 0 Å². The van der Waals surface area contributed by atoms with Gasteiger partial charge in [-0.3, -0.25) is 19.1 Å². The van der Waals surface area contributed by atoms with E-state index in [1.807, 2.05) is 37.3 Å². The molecule has 5 nitrogen and oxygen atoms in total. The number of carbonyl (C=O) groups excluding carboxylic acids is 1. The fraction of sp³-hybridized carbons (Fsp3) is 0.250. The van der Waals surface area contributed by atoms with Gasteiger partial charge in [0.05, 0.1) is 15.2 Å². The summed E-state index contributed by atoms with van der Waals surface area (Å²) in [4.78, 5) is 30.8. The highest BCUT2D eigenvalue weighted by molar-refractivity contribution is 8.30. The van der Waals surface area contributed by atoms with Gasteiger partial charge in [-0.05, 0) is 44.2 Å². The van der Waals surface area contributed by atoms with Crippen LogP contribution in [0.3, 0.4) is 0 Å². The van der Waals surface area contributed by atoms with Crippen LogP contribution in [0, 0.1) is 0 Å². The number of hydrogen-bond acceptors (Lipinski definition) is 7. The molecule has 2 aliphatic heterocycles. The zero-order valence-corrected chi connectivity index (χ0v) is 20.5. The molecule has 0 bridgehead atoms. The van der Waals surface area contributed by atoms with Crippen LogP contribution in [0.5, 0.6) is 0 Å². The number of thiazole rings is 1. The molecule has 10 heteroatoms. The van der Waals surface area contributed by atoms with Crippen LogP contribution in [0.2, 0.25) is 5.02 Å². The first-order chi connectivity index (χ1) is 14.3. The van der Waals surface area contributed by atoms with Gasteiger partial charge in [-0.25, -0.2) is 0 Å². The Morgan fingerprint density at radius 3 is 2.53 bits per heavy atom. The van der Waals surface area contributed by atoms with Crippen molar-refractivity contribution in [2.24, 2.45) is 0 Å². The third-order valence-electron chi connectivity index (χ3n) is 4.77. The number of fused-ring (bicyclic) bond motifs is 1. The number of hydrogen-bond donors (Lipinski definition) is 0. The van der Waals surface area contributed by atoms with Crippen molar-refractivity contribution in [1.82, 2.24) is 9.47 Å². The Bertz CT molecular complexity index is 1280. The van der Waals surface area contributed by atoms with Gasteiger partial charge < -0.3 is 4.90 Å². The molecule has 0 unspecified atom stereocenters. The highest BCUT2D eigenvalue weighted by atomic mass is 35.5. The molecule has 0 radical (unpaired) electrons. The highest BCUT2D eigenvalue weighted by Crippen LogP contribution is 2.46. The second kappa shape index (κ2) is 8.55. The largest absolute Gasteiger partial charge is 0.335 e. The van der Waals surface area contributed by atoms with Crippen molar-refractivity contribution in [3.05, 3.63) is 53.9 Å². The van der Waals surface area contributed by atoms with Crippen molar-refractivity contribution in [2.45, 2.75) is 25.3 Å². The molecule has 3 heterocycles. The number of nitrogens with zero attached hydrogens (tertiary/aromatic N) is 3. The van der Waals surface area contributed by atoms with Crippen LogP contribution in [0.1, 0.15) is 13.8 Å². The van der Waals surface area contributed by atoms with Crippen molar-refractivity contribution < 1.29 is 4.79 Å². The molecule has 4 rings (SSSR count). The van der Waals surface area contributed by atoms with Crippen LogP contribution in [0.15, 0.2) is 39.0 Å². The zero-order chi connectivity index (χ0) is 21.6. The summed E-state index contributed by atoms with van der Waals surface area (Å²) in [6, 6.07) is 5.85. The van der Waals surface area contributed by atoms with Crippen LogP contribution >= 0.6 is 58.7 Å². The summed E-state index contributed by atoms with van der Waals surface area (Å²) in [6.45, 7) is 5.26. The standard InChI is InChI=1S/C20H18ClN3O2S4/c1-4-23-12-10-11(21)6-7-13(12)28-15(23)9-8-14-17(25)24(5-2)19(29-14)16-18(26)22(3)20(27)30-16/h6-10H,4-5H2,1-3H3. The number of halogens is 1. The summed E-state index contributed by atoms with van der Waals surface area (Å²) in [6.07, 6.45) is 3.80. The molecular formula is C20H18ClN3O2S4. The zero-order valence-electron chi connectivity index (χ0n) is 16.5. The molecule has 0 aliphatic carbocycles. The Morgan fingerprint density at radius 1 is 1.13 bits per heavy atom. The van der Waals surface area contributed by atoms with Crippen LogP contribution in [0.25, 0.3) is 11.0 Å². The molecule has 0 atom stereocenters. The molecule has 156 valence electrons. The second-order valence-corrected chi connectivity index (χ2v) is 10.7. The van der Waals surface area contributed by atoms with E-state index in [2.05, 4.69) is 11.8 Å². The average Bonchev–Trinajstić information content (AvgIpc) is 3.32. The van der Waals surface area contributed by atoms with Crippen molar-refractivity contribution in [2.75, 3.05) is 18.5 Å². The van der Waals surface area contributed by atoms with Crippen LogP contribution < -0.4 is 19.7 Å². The Morgan fingerprint density at radius 2 is 1.90 bits per heavy atom. The van der Waals surface area contributed by atoms with Crippen molar-refractivity contribution in [1.29, 1.82) is 0 Å². The molecule has 1 amide bonds. The van der Waals surface area contributed by atoms with E-state index in [-0.39, 0.29) is 11.5 Å². The molecule has 0 N–H and O–H groups in total. The minimum Gasteiger partial charge on any atom is -0.335 e. The van der Waals surface area contributed by atoms with Crippen molar-refractivity contribution >= 4 is 85.6 Å². The van der Waals surface area contributed by atoms with Gasteiger partial charge in [-0.2, -0.15) is 0 Å². The molecule has 1 saturated heterocycles. The second-order valence-electron chi connectivity index (χ2n) is 6.51. The Labute approximate surface area is 196 Å². The van der Waals surface area contributed by atoms with Gasteiger partial charge in [-0.1, -0.05) is 47.3 Å². The molecule has 30 heavy (non-hydrogen) atoms. The Hall–Kier alpha value is -1.52. The molecular weight excluding hydrogens is 478 g/mol. The van der Waals surface area contributed by atoms with E-state index in [1.165, 1.54) is 28.0 Å². The summed E-state index contributed by atoms with van der Waals surface area (Å²) in [5.74, 6) is -0.158. The topological polar surface area (TPSA) is 45.5 Å². The van der Waals surface area contributed by atoms with Gasteiger partial charge in [-0.15, -0.1) is 11.3 Å². The number of benzene rings is 1. The number of carbonyl (C=O) groups is 1. The third kappa shape index (κ3) is 3.67. The number of anilines is 1. The lowest BCUT2D eigenvalue weighted by molar-refractivity contribution is -0.119. The lowest BCUT2D eigenvalue weighted by atomic mass is 10.3. The molecule has 1 fully saturated rings. The van der Waals surface area contributed by atoms with Gasteiger partial charge in [0.15, 0.2) is 0 Å². The molecule has 0 saturated carbocycles. The molecule has 2 aliphatic rings. The SMILES string of the molecule is CCN1C(=CC=c2sc(=C3SC(=S)N(C)C3=O)n(CC)c2=O)Sc2ccc(Cl)cc21. The fourth-order valence-electron chi connectivity index (χ4n) is 3.23. The van der Waals surface area contributed by atoms with E-state index in [4.69, 9.17) is 23.8 Å². The predicted octanol–water partition coefficient (Wildman–Crippen LogP) is 3.44. The molecule has 0 spiro atoms. The van der Waals surface area contributed by atoms with E-state index < -0.39 is 0 Å². The first-order valence-electron chi connectivity index (χ1n) is 9.26. The summed E-state index contributed by atoms with van der Waals surface area (Å²) >= 11 is 15.6. The summed E-state index contributed by atoms with van der Waals surface area (Å²) in [5.41, 5.74) is 0.981. The number of thioether (sulfide) groups is 2. The summed E-state index contributed by atoms with van der Waals surface area (Å²) in [5, 5.41) is 1.73. The molecule has 1 aromatic carbocycles. The minimum absolute atomic E-state index is 0.0951. The van der Waals surface area contributed by atoms with Gasteiger partial charge in [0.1, 0.15) is 13.9 Å². The smallest absolute Gasteiger partial charge is 0.269 e. The van der Waals surface area contributed by atoms with Crippen molar-refractivity contribution in [3.8, 4) is 0 Å². The van der Waals surface area contributed by atoms with Gasteiger partial charge in [0.2, 0.25) is 0 Å². The van der Waals surface area contributed by atoms with E-state index in [9.17, 15) is 9.59 Å².